The van der Waals surface area contributed by atoms with Crippen LogP contribution in [0.4, 0.5) is 0 Å². The van der Waals surface area contributed by atoms with Gasteiger partial charge in [0.15, 0.2) is 0 Å². The van der Waals surface area contributed by atoms with E-state index in [1.807, 2.05) is 6.07 Å². The summed E-state index contributed by atoms with van der Waals surface area (Å²) in [5.74, 6) is -0.169. The quantitative estimate of drug-likeness (QED) is 0.795. The van der Waals surface area contributed by atoms with Crippen LogP contribution in [0, 0.1) is 0 Å². The lowest BCUT2D eigenvalue weighted by Gasteiger charge is -2.16. The molecule has 0 spiro atoms. The smallest absolute Gasteiger partial charge is 0.240 e. The Morgan fingerprint density at radius 3 is 2.55 bits per heavy atom. The van der Waals surface area contributed by atoms with E-state index in [2.05, 4.69) is 10.0 Å². The van der Waals surface area contributed by atoms with Crippen LogP contribution in [0.1, 0.15) is 30.9 Å². The van der Waals surface area contributed by atoms with E-state index in [0.717, 1.165) is 24.8 Å². The van der Waals surface area contributed by atoms with Crippen LogP contribution >= 0.6 is 0 Å². The van der Waals surface area contributed by atoms with Crippen LogP contribution in [-0.4, -0.2) is 27.4 Å². The number of hydrogen-bond donors (Lipinski definition) is 2. The van der Waals surface area contributed by atoms with E-state index >= 15 is 0 Å². The summed E-state index contributed by atoms with van der Waals surface area (Å²) in [5, 5.41) is 2.55. The van der Waals surface area contributed by atoms with Crippen molar-refractivity contribution in [3.63, 3.8) is 0 Å². The van der Waals surface area contributed by atoms with Gasteiger partial charge in [0.1, 0.15) is 0 Å². The Balaban J connectivity index is 2.03. The molecule has 0 fully saturated rings. The Bertz CT molecular complexity index is 596. The Labute approximate surface area is 119 Å². The Morgan fingerprint density at radius 1 is 1.15 bits per heavy atom. The second-order valence-corrected chi connectivity index (χ2v) is 6.79. The molecule has 0 atom stereocenters. The van der Waals surface area contributed by atoms with Gasteiger partial charge in [-0.1, -0.05) is 6.07 Å². The van der Waals surface area contributed by atoms with E-state index < -0.39 is 10.0 Å². The molecule has 0 saturated heterocycles. The first kappa shape index (κ1) is 15.0. The molecular weight excluding hydrogens is 276 g/mol. The number of hydrogen-bond acceptors (Lipinski definition) is 3. The zero-order valence-electron chi connectivity index (χ0n) is 11.6. The van der Waals surface area contributed by atoms with Gasteiger partial charge in [-0.05, 0) is 48.9 Å². The molecule has 0 aromatic heterocycles. The van der Waals surface area contributed by atoms with Crippen LogP contribution in [-0.2, 0) is 27.7 Å². The predicted octanol–water partition coefficient (Wildman–Crippen LogP) is 0.980. The minimum absolute atomic E-state index is 0.169. The molecule has 2 rings (SSSR count). The van der Waals surface area contributed by atoms with Crippen LogP contribution < -0.4 is 10.0 Å². The lowest BCUT2D eigenvalue weighted by molar-refractivity contribution is -0.118. The Hall–Kier alpha value is -1.40. The highest BCUT2D eigenvalue weighted by atomic mass is 32.2. The van der Waals surface area contributed by atoms with Crippen LogP contribution in [0.15, 0.2) is 23.1 Å². The number of carbonyl (C=O) groups is 1. The molecule has 0 radical (unpaired) electrons. The van der Waals surface area contributed by atoms with Crippen molar-refractivity contribution in [1.82, 2.24) is 10.0 Å². The van der Waals surface area contributed by atoms with Gasteiger partial charge in [-0.15, -0.1) is 0 Å². The highest BCUT2D eigenvalue weighted by Gasteiger charge is 2.17. The fourth-order valence-corrected chi connectivity index (χ4v) is 3.47. The number of fused-ring (bicyclic) bond motifs is 1. The van der Waals surface area contributed by atoms with Gasteiger partial charge in [0.25, 0.3) is 0 Å². The molecule has 0 bridgehead atoms. The molecule has 2 N–H and O–H groups in total. The Kier molecular flexibility index (Phi) is 4.77. The molecule has 1 aliphatic carbocycles. The van der Waals surface area contributed by atoms with Gasteiger partial charge in [0.05, 0.1) is 4.90 Å². The van der Waals surface area contributed by atoms with Crippen molar-refractivity contribution in [2.45, 2.75) is 37.5 Å². The number of aryl methyl sites for hydroxylation is 2. The van der Waals surface area contributed by atoms with Crippen molar-refractivity contribution < 1.29 is 13.2 Å². The third-order valence-electron chi connectivity index (χ3n) is 3.42. The SMILES string of the molecule is CC(=O)NCCNS(=O)(=O)c1ccc2c(c1)CCCC2. The summed E-state index contributed by atoms with van der Waals surface area (Å²) in [5.41, 5.74) is 2.40. The first-order valence-electron chi connectivity index (χ1n) is 6.85. The van der Waals surface area contributed by atoms with Crippen LogP contribution in [0.3, 0.4) is 0 Å². The van der Waals surface area contributed by atoms with Crippen LogP contribution in [0.5, 0.6) is 0 Å². The molecule has 1 aromatic carbocycles. The molecule has 0 saturated carbocycles. The van der Waals surface area contributed by atoms with Crippen molar-refractivity contribution in [3.8, 4) is 0 Å². The molecule has 5 nitrogen and oxygen atoms in total. The van der Waals surface area contributed by atoms with Gasteiger partial charge < -0.3 is 5.32 Å². The van der Waals surface area contributed by atoms with E-state index in [1.54, 1.807) is 12.1 Å². The Morgan fingerprint density at radius 2 is 1.85 bits per heavy atom. The summed E-state index contributed by atoms with van der Waals surface area (Å²) in [7, 11) is -3.49. The molecule has 6 heteroatoms. The zero-order valence-corrected chi connectivity index (χ0v) is 12.4. The summed E-state index contributed by atoms with van der Waals surface area (Å²) < 4.78 is 26.8. The minimum Gasteiger partial charge on any atom is -0.355 e. The predicted molar refractivity (Wildman–Crippen MR) is 77.0 cm³/mol. The summed E-state index contributed by atoms with van der Waals surface area (Å²) in [6.45, 7) is 1.89. The summed E-state index contributed by atoms with van der Waals surface area (Å²) in [4.78, 5) is 11.0. The lowest BCUT2D eigenvalue weighted by atomic mass is 9.92. The topological polar surface area (TPSA) is 75.3 Å². The van der Waals surface area contributed by atoms with Crippen molar-refractivity contribution in [3.05, 3.63) is 29.3 Å². The maximum Gasteiger partial charge on any atom is 0.240 e. The molecule has 0 heterocycles. The second-order valence-electron chi connectivity index (χ2n) is 5.02. The molecule has 1 aliphatic rings. The summed E-state index contributed by atoms with van der Waals surface area (Å²) in [6, 6.07) is 5.34. The van der Waals surface area contributed by atoms with Gasteiger partial charge in [-0.2, -0.15) is 0 Å². The summed E-state index contributed by atoms with van der Waals surface area (Å²) >= 11 is 0. The van der Waals surface area contributed by atoms with Crippen molar-refractivity contribution in [2.24, 2.45) is 0 Å². The third kappa shape index (κ3) is 3.80. The second kappa shape index (κ2) is 6.37. The average Bonchev–Trinajstić information content (AvgIpc) is 2.43. The van der Waals surface area contributed by atoms with Crippen molar-refractivity contribution in [1.29, 1.82) is 0 Å². The first-order chi connectivity index (χ1) is 9.49. The molecular formula is C14H20N2O3S. The molecule has 0 aliphatic heterocycles. The normalized spacial score (nSPS) is 14.7. The number of amides is 1. The van der Waals surface area contributed by atoms with E-state index in [4.69, 9.17) is 0 Å². The van der Waals surface area contributed by atoms with E-state index in [9.17, 15) is 13.2 Å². The monoisotopic (exact) mass is 296 g/mol. The number of nitrogens with one attached hydrogen (secondary N) is 2. The highest BCUT2D eigenvalue weighted by Crippen LogP contribution is 2.23. The van der Waals surface area contributed by atoms with E-state index in [0.29, 0.717) is 11.4 Å². The average molecular weight is 296 g/mol. The molecule has 110 valence electrons. The summed E-state index contributed by atoms with van der Waals surface area (Å²) in [6.07, 6.45) is 4.27. The van der Waals surface area contributed by atoms with Gasteiger partial charge in [-0.3, -0.25) is 4.79 Å². The number of sulfonamides is 1. The van der Waals surface area contributed by atoms with Gasteiger partial charge in [-0.25, -0.2) is 13.1 Å². The van der Waals surface area contributed by atoms with Gasteiger partial charge in [0, 0.05) is 20.0 Å². The highest BCUT2D eigenvalue weighted by molar-refractivity contribution is 7.89. The maximum absolute atomic E-state index is 12.1. The molecule has 1 aromatic rings. The number of benzene rings is 1. The fourth-order valence-electron chi connectivity index (χ4n) is 2.38. The number of rotatable bonds is 5. The van der Waals surface area contributed by atoms with Crippen molar-refractivity contribution >= 4 is 15.9 Å². The third-order valence-corrected chi connectivity index (χ3v) is 4.88. The van der Waals surface area contributed by atoms with E-state index in [-0.39, 0.29) is 12.5 Å². The van der Waals surface area contributed by atoms with Gasteiger partial charge in [0.2, 0.25) is 15.9 Å². The number of carbonyl (C=O) groups excluding carboxylic acids is 1. The largest absolute Gasteiger partial charge is 0.355 e. The van der Waals surface area contributed by atoms with Crippen molar-refractivity contribution in [2.75, 3.05) is 13.1 Å². The maximum atomic E-state index is 12.1. The van der Waals surface area contributed by atoms with Gasteiger partial charge >= 0.3 is 0 Å². The first-order valence-corrected chi connectivity index (χ1v) is 8.33. The molecule has 0 unspecified atom stereocenters. The standard InChI is InChI=1S/C14H20N2O3S/c1-11(17)15-8-9-16-20(18,19)14-7-6-12-4-2-3-5-13(12)10-14/h6-7,10,16H,2-5,8-9H2,1H3,(H,15,17). The van der Waals surface area contributed by atoms with Crippen LogP contribution in [0.25, 0.3) is 0 Å². The molecule has 1 amide bonds. The lowest BCUT2D eigenvalue weighted by Crippen LogP contribution is -2.33. The van der Waals surface area contributed by atoms with Crippen LogP contribution in [0.2, 0.25) is 0 Å². The fraction of sp³-hybridized carbons (Fsp3) is 0.500. The molecule has 20 heavy (non-hydrogen) atoms. The van der Waals surface area contributed by atoms with E-state index in [1.165, 1.54) is 18.9 Å². The minimum atomic E-state index is -3.49. The zero-order chi connectivity index (χ0) is 14.6.